The Labute approximate surface area is 162 Å². The van der Waals surface area contributed by atoms with Crippen LogP contribution in [0.5, 0.6) is 11.5 Å². The third-order valence-corrected chi connectivity index (χ3v) is 5.68. The van der Waals surface area contributed by atoms with E-state index in [2.05, 4.69) is 8.37 Å². The number of alkyl halides is 6. The molecular weight excluding hydrogens is 489 g/mol. The molecule has 0 unspecified atom stereocenters. The van der Waals surface area contributed by atoms with Crippen LogP contribution in [0.4, 0.5) is 26.3 Å². The van der Waals surface area contributed by atoms with Gasteiger partial charge in [0, 0.05) is 10.8 Å². The molecule has 0 fully saturated rings. The van der Waals surface area contributed by atoms with Gasteiger partial charge >= 0.3 is 31.3 Å². The highest BCUT2D eigenvalue weighted by Crippen LogP contribution is 2.42. The number of halogens is 8. The van der Waals surface area contributed by atoms with Crippen LogP contribution >= 0.6 is 23.2 Å². The van der Waals surface area contributed by atoms with Crippen LogP contribution in [0.3, 0.4) is 0 Å². The Bertz CT molecular complexity index is 1050. The molecule has 0 aliphatic rings. The Morgan fingerprint density at radius 1 is 0.643 bits per heavy atom. The summed E-state index contributed by atoms with van der Waals surface area (Å²) in [5, 5.41) is -1.87. The van der Waals surface area contributed by atoms with E-state index in [-0.39, 0.29) is 10.8 Å². The quantitative estimate of drug-likeness (QED) is 0.352. The first-order valence-electron chi connectivity index (χ1n) is 6.40. The maximum Gasteiger partial charge on any atom is 0.534 e. The molecule has 16 heteroatoms. The monoisotopic (exact) mass is 492 g/mol. The van der Waals surface area contributed by atoms with Crippen LogP contribution in [-0.4, -0.2) is 27.9 Å². The molecule has 0 heterocycles. The average Bonchev–Trinajstić information content (AvgIpc) is 2.50. The Kier molecular flexibility index (Phi) is 5.66. The summed E-state index contributed by atoms with van der Waals surface area (Å²) in [7, 11) is -12.1. The van der Waals surface area contributed by atoms with Gasteiger partial charge in [0.05, 0.1) is 10.0 Å². The fourth-order valence-corrected chi connectivity index (χ4v) is 3.32. The molecule has 0 atom stereocenters. The Morgan fingerprint density at radius 3 is 1.18 bits per heavy atom. The molecule has 0 aromatic heterocycles. The summed E-state index contributed by atoms with van der Waals surface area (Å²) in [6.07, 6.45) is 0. The van der Waals surface area contributed by atoms with Crippen molar-refractivity contribution in [3.8, 4) is 11.5 Å². The molecule has 0 aliphatic heterocycles. The predicted octanol–water partition coefficient (Wildman–Crippen LogP) is 4.60. The third kappa shape index (κ3) is 4.18. The molecule has 0 saturated carbocycles. The number of rotatable bonds is 4. The topological polar surface area (TPSA) is 86.7 Å². The molecule has 0 saturated heterocycles. The lowest BCUT2D eigenvalue weighted by molar-refractivity contribution is -0.0504. The summed E-state index contributed by atoms with van der Waals surface area (Å²) >= 11 is 11.5. The second-order valence-electron chi connectivity index (χ2n) is 4.82. The molecule has 6 nitrogen and oxygen atoms in total. The van der Waals surface area contributed by atoms with Gasteiger partial charge in [0.15, 0.2) is 11.5 Å². The third-order valence-electron chi connectivity index (χ3n) is 2.96. The molecule has 0 amide bonds. The summed E-state index contributed by atoms with van der Waals surface area (Å²) in [5.41, 5.74) is -11.5. The van der Waals surface area contributed by atoms with Gasteiger partial charge in [-0.05, 0) is 24.3 Å². The standard InChI is InChI=1S/C12H4Cl2F6O6S2/c13-9-5-1-3-7(25-27(21,22)11(15,16)17)10(14)6(5)2-4-8(9)26-28(23,24)12(18,19)20/h1-4H. The normalized spacial score (nSPS) is 13.6. The van der Waals surface area contributed by atoms with Crippen LogP contribution in [0, 0.1) is 0 Å². The molecule has 2 rings (SSSR count). The van der Waals surface area contributed by atoms with Gasteiger partial charge in [0.25, 0.3) is 0 Å². The lowest BCUT2D eigenvalue weighted by atomic mass is 10.1. The largest absolute Gasteiger partial charge is 0.534 e. The van der Waals surface area contributed by atoms with Crippen LogP contribution in [0.25, 0.3) is 10.8 Å². The summed E-state index contributed by atoms with van der Waals surface area (Å²) in [5.74, 6) is -1.89. The van der Waals surface area contributed by atoms with Crippen molar-refractivity contribution in [3.63, 3.8) is 0 Å². The van der Waals surface area contributed by atoms with Crippen LogP contribution < -0.4 is 8.37 Å². The van der Waals surface area contributed by atoms with Crippen LogP contribution in [0.1, 0.15) is 0 Å². The van der Waals surface area contributed by atoms with Crippen molar-refractivity contribution in [1.29, 1.82) is 0 Å². The summed E-state index contributed by atoms with van der Waals surface area (Å²) in [6, 6.07) is 2.97. The van der Waals surface area contributed by atoms with Gasteiger partial charge in [-0.1, -0.05) is 23.2 Å². The second-order valence-corrected chi connectivity index (χ2v) is 8.65. The highest BCUT2D eigenvalue weighted by atomic mass is 35.5. The van der Waals surface area contributed by atoms with Gasteiger partial charge in [0.1, 0.15) is 0 Å². The van der Waals surface area contributed by atoms with Crippen molar-refractivity contribution >= 4 is 54.2 Å². The van der Waals surface area contributed by atoms with Gasteiger partial charge in [-0.2, -0.15) is 43.2 Å². The molecule has 0 N–H and O–H groups in total. The number of benzene rings is 2. The number of hydrogen-bond acceptors (Lipinski definition) is 6. The van der Waals surface area contributed by atoms with E-state index in [1.54, 1.807) is 0 Å². The van der Waals surface area contributed by atoms with E-state index >= 15 is 0 Å². The van der Waals surface area contributed by atoms with Gasteiger partial charge in [-0.25, -0.2) is 0 Å². The van der Waals surface area contributed by atoms with E-state index < -0.39 is 52.8 Å². The van der Waals surface area contributed by atoms with E-state index in [4.69, 9.17) is 23.2 Å². The number of hydrogen-bond donors (Lipinski definition) is 0. The van der Waals surface area contributed by atoms with E-state index in [1.807, 2.05) is 0 Å². The van der Waals surface area contributed by atoms with Crippen molar-refractivity contribution in [2.45, 2.75) is 11.0 Å². The summed E-state index contributed by atoms with van der Waals surface area (Å²) < 4.78 is 126. The van der Waals surface area contributed by atoms with E-state index in [0.717, 1.165) is 12.1 Å². The van der Waals surface area contributed by atoms with Crippen LogP contribution in [0.2, 0.25) is 10.0 Å². The Morgan fingerprint density at radius 2 is 0.929 bits per heavy atom. The lowest BCUT2D eigenvalue weighted by Crippen LogP contribution is -2.28. The second kappa shape index (κ2) is 7.00. The molecule has 156 valence electrons. The summed E-state index contributed by atoms with van der Waals surface area (Å²) in [4.78, 5) is 0. The molecule has 0 aliphatic carbocycles. The molecule has 2 aromatic rings. The molecule has 0 radical (unpaired) electrons. The fraction of sp³-hybridized carbons (Fsp3) is 0.167. The number of fused-ring (bicyclic) bond motifs is 1. The average molecular weight is 493 g/mol. The molecule has 2 aromatic carbocycles. The first-order chi connectivity index (χ1) is 12.5. The predicted molar refractivity (Wildman–Crippen MR) is 85.2 cm³/mol. The first kappa shape index (κ1) is 22.6. The van der Waals surface area contributed by atoms with Gasteiger partial charge in [-0.3, -0.25) is 0 Å². The van der Waals surface area contributed by atoms with Crippen molar-refractivity contribution in [2.75, 3.05) is 0 Å². The maximum absolute atomic E-state index is 12.4. The highest BCUT2D eigenvalue weighted by molar-refractivity contribution is 7.88. The van der Waals surface area contributed by atoms with E-state index in [1.165, 1.54) is 0 Å². The smallest absolute Gasteiger partial charge is 0.374 e. The fourth-order valence-electron chi connectivity index (χ4n) is 1.75. The van der Waals surface area contributed by atoms with E-state index in [0.29, 0.717) is 12.1 Å². The van der Waals surface area contributed by atoms with Crippen LogP contribution in [0.15, 0.2) is 24.3 Å². The Hall–Kier alpha value is -1.64. The highest BCUT2D eigenvalue weighted by Gasteiger charge is 2.49. The SMILES string of the molecule is O=S(=O)(Oc1ccc2c(Cl)c(OS(=O)(=O)C(F)(F)F)ccc2c1Cl)C(F)(F)F. The minimum atomic E-state index is -6.05. The molecule has 0 spiro atoms. The van der Waals surface area contributed by atoms with Gasteiger partial charge in [0.2, 0.25) is 0 Å². The maximum atomic E-state index is 12.4. The van der Waals surface area contributed by atoms with Crippen molar-refractivity contribution < 1.29 is 51.5 Å². The first-order valence-corrected chi connectivity index (χ1v) is 9.97. The van der Waals surface area contributed by atoms with E-state index in [9.17, 15) is 43.2 Å². The minimum absolute atomic E-state index is 0.252. The Balaban J connectivity index is 2.54. The van der Waals surface area contributed by atoms with Gasteiger partial charge in [-0.15, -0.1) is 0 Å². The zero-order valence-corrected chi connectivity index (χ0v) is 15.7. The zero-order chi connectivity index (χ0) is 21.7. The van der Waals surface area contributed by atoms with Crippen molar-refractivity contribution in [2.24, 2.45) is 0 Å². The van der Waals surface area contributed by atoms with Crippen LogP contribution in [-0.2, 0) is 20.2 Å². The van der Waals surface area contributed by atoms with Crippen molar-refractivity contribution in [1.82, 2.24) is 0 Å². The summed E-state index contributed by atoms with van der Waals surface area (Å²) in [6.45, 7) is 0. The van der Waals surface area contributed by atoms with Gasteiger partial charge < -0.3 is 8.37 Å². The minimum Gasteiger partial charge on any atom is -0.374 e. The molecular formula is C12H4Cl2F6O6S2. The lowest BCUT2D eigenvalue weighted by Gasteiger charge is -2.14. The molecule has 0 bridgehead atoms. The zero-order valence-electron chi connectivity index (χ0n) is 12.6. The molecule has 28 heavy (non-hydrogen) atoms. The van der Waals surface area contributed by atoms with Crippen molar-refractivity contribution in [3.05, 3.63) is 34.3 Å².